The van der Waals surface area contributed by atoms with Crippen molar-refractivity contribution in [3.63, 3.8) is 0 Å². The van der Waals surface area contributed by atoms with Crippen LogP contribution in [0.15, 0.2) is 0 Å². The summed E-state index contributed by atoms with van der Waals surface area (Å²) in [4.78, 5) is 24.0. The molecular weight excluding hydrogens is 254 g/mol. The van der Waals surface area contributed by atoms with E-state index in [2.05, 4.69) is 5.32 Å². The first-order valence-electron chi connectivity index (χ1n) is 7.93. The lowest BCUT2D eigenvalue weighted by molar-refractivity contribution is -0.152. The van der Waals surface area contributed by atoms with Crippen molar-refractivity contribution in [3.05, 3.63) is 0 Å². The molecule has 4 fully saturated rings. The molecule has 0 heterocycles. The number of rotatable bonds is 4. The Morgan fingerprint density at radius 2 is 1.50 bits per heavy atom. The number of carbonyl (C=O) groups excluding carboxylic acids is 1. The zero-order chi connectivity index (χ0) is 14.5. The minimum Gasteiger partial charge on any atom is -0.480 e. The first kappa shape index (κ1) is 13.9. The molecule has 0 aromatic heterocycles. The van der Waals surface area contributed by atoms with E-state index < -0.39 is 12.0 Å². The van der Waals surface area contributed by atoms with Crippen LogP contribution < -0.4 is 5.32 Å². The Hall–Kier alpha value is -1.06. The lowest BCUT2D eigenvalue weighted by Crippen LogP contribution is -2.57. The lowest BCUT2D eigenvalue weighted by Gasteiger charge is -2.55. The van der Waals surface area contributed by atoms with E-state index >= 15 is 0 Å². The van der Waals surface area contributed by atoms with Crippen LogP contribution in [0.1, 0.15) is 52.4 Å². The lowest BCUT2D eigenvalue weighted by atomic mass is 9.49. The minimum absolute atomic E-state index is 0.0118. The van der Waals surface area contributed by atoms with Crippen molar-refractivity contribution in [2.45, 2.75) is 58.4 Å². The molecule has 0 radical (unpaired) electrons. The number of aliphatic carboxylic acids is 1. The normalized spacial score (nSPS) is 39.9. The highest BCUT2D eigenvalue weighted by Crippen LogP contribution is 2.60. The van der Waals surface area contributed by atoms with Crippen molar-refractivity contribution < 1.29 is 14.7 Å². The van der Waals surface area contributed by atoms with Crippen LogP contribution in [0.5, 0.6) is 0 Å². The van der Waals surface area contributed by atoms with Gasteiger partial charge in [-0.15, -0.1) is 0 Å². The molecule has 2 N–H and O–H groups in total. The second-order valence-electron chi connectivity index (χ2n) is 7.73. The van der Waals surface area contributed by atoms with Crippen LogP contribution >= 0.6 is 0 Å². The number of carbonyl (C=O) groups is 2. The minimum atomic E-state index is -0.918. The van der Waals surface area contributed by atoms with Gasteiger partial charge in [-0.2, -0.15) is 0 Å². The topological polar surface area (TPSA) is 66.4 Å². The van der Waals surface area contributed by atoms with Gasteiger partial charge >= 0.3 is 5.97 Å². The third-order valence-electron chi connectivity index (χ3n) is 5.74. The Morgan fingerprint density at radius 1 is 1.05 bits per heavy atom. The van der Waals surface area contributed by atoms with E-state index in [1.54, 1.807) is 0 Å². The Bertz CT molecular complexity index is 394. The van der Waals surface area contributed by atoms with Gasteiger partial charge in [-0.05, 0) is 62.2 Å². The zero-order valence-corrected chi connectivity index (χ0v) is 12.4. The molecule has 0 aromatic rings. The van der Waals surface area contributed by atoms with Crippen molar-refractivity contribution in [3.8, 4) is 0 Å². The fraction of sp³-hybridized carbons (Fsp3) is 0.875. The van der Waals surface area contributed by atoms with Gasteiger partial charge in [0, 0.05) is 5.41 Å². The van der Waals surface area contributed by atoms with Crippen molar-refractivity contribution in [2.75, 3.05) is 0 Å². The summed E-state index contributed by atoms with van der Waals surface area (Å²) in [5.74, 6) is 1.12. The number of hydrogen-bond donors (Lipinski definition) is 2. The van der Waals surface area contributed by atoms with E-state index in [9.17, 15) is 14.7 Å². The molecule has 0 aliphatic heterocycles. The molecule has 112 valence electrons. The van der Waals surface area contributed by atoms with Gasteiger partial charge in [0.1, 0.15) is 6.04 Å². The molecular formula is C16H25NO3. The average Bonchev–Trinajstić information content (AvgIpc) is 2.32. The van der Waals surface area contributed by atoms with Gasteiger partial charge in [0.25, 0.3) is 0 Å². The van der Waals surface area contributed by atoms with Crippen LogP contribution in [0.2, 0.25) is 0 Å². The first-order chi connectivity index (χ1) is 9.39. The van der Waals surface area contributed by atoms with Crippen LogP contribution in [0.25, 0.3) is 0 Å². The summed E-state index contributed by atoms with van der Waals surface area (Å²) in [6.45, 7) is 3.69. The van der Waals surface area contributed by atoms with Gasteiger partial charge in [0.2, 0.25) is 5.91 Å². The summed E-state index contributed by atoms with van der Waals surface area (Å²) in [5.41, 5.74) is -0.253. The highest BCUT2D eigenvalue weighted by Gasteiger charge is 2.55. The summed E-state index contributed by atoms with van der Waals surface area (Å²) in [6.07, 6.45) is 6.82. The standard InChI is InChI=1S/C16H25NO3/c1-9(2)13(14(18)19)17-15(20)16-6-10-3-11(7-16)5-12(4-10)8-16/h9-13H,3-8H2,1-2H3,(H,17,20)(H,18,19)/t10?,11?,12?,13-,16?/m0/s1. The van der Waals surface area contributed by atoms with Gasteiger partial charge in [0.05, 0.1) is 0 Å². The second-order valence-corrected chi connectivity index (χ2v) is 7.73. The fourth-order valence-corrected chi connectivity index (χ4v) is 5.20. The maximum atomic E-state index is 12.7. The van der Waals surface area contributed by atoms with Crippen LogP contribution in [-0.2, 0) is 9.59 Å². The van der Waals surface area contributed by atoms with E-state index in [1.165, 1.54) is 19.3 Å². The molecule has 4 aliphatic carbocycles. The van der Waals surface area contributed by atoms with E-state index in [0.717, 1.165) is 19.3 Å². The second kappa shape index (κ2) is 4.74. The summed E-state index contributed by atoms with van der Waals surface area (Å²) in [7, 11) is 0. The number of carboxylic acids is 1. The van der Waals surface area contributed by atoms with Gasteiger partial charge in [-0.1, -0.05) is 13.8 Å². The third kappa shape index (κ3) is 2.23. The molecule has 20 heavy (non-hydrogen) atoms. The molecule has 1 atom stereocenters. The smallest absolute Gasteiger partial charge is 0.326 e. The largest absolute Gasteiger partial charge is 0.480 e. The molecule has 4 heteroatoms. The SMILES string of the molecule is CC(C)[C@H](NC(=O)C12CC3CC(CC(C3)C1)C2)C(=O)O. The van der Waals surface area contributed by atoms with Gasteiger partial charge in [-0.25, -0.2) is 4.79 Å². The fourth-order valence-electron chi connectivity index (χ4n) is 5.20. The number of hydrogen-bond acceptors (Lipinski definition) is 2. The molecule has 4 rings (SSSR count). The molecule has 0 saturated heterocycles. The molecule has 0 unspecified atom stereocenters. The summed E-state index contributed by atoms with van der Waals surface area (Å²) in [5, 5.41) is 12.1. The van der Waals surface area contributed by atoms with Crippen LogP contribution in [0, 0.1) is 29.1 Å². The average molecular weight is 279 g/mol. The van der Waals surface area contributed by atoms with Gasteiger partial charge in [-0.3, -0.25) is 4.79 Å². The van der Waals surface area contributed by atoms with Gasteiger partial charge < -0.3 is 10.4 Å². The molecule has 1 amide bonds. The monoisotopic (exact) mass is 279 g/mol. The third-order valence-corrected chi connectivity index (χ3v) is 5.74. The number of amides is 1. The van der Waals surface area contributed by atoms with E-state index in [0.29, 0.717) is 17.8 Å². The predicted octanol–water partition coefficient (Wildman–Crippen LogP) is 2.43. The first-order valence-corrected chi connectivity index (χ1v) is 7.93. The van der Waals surface area contributed by atoms with E-state index in [-0.39, 0.29) is 17.2 Å². The van der Waals surface area contributed by atoms with Crippen molar-refractivity contribution in [1.29, 1.82) is 0 Å². The zero-order valence-electron chi connectivity index (χ0n) is 12.4. The summed E-state index contributed by atoms with van der Waals surface area (Å²) >= 11 is 0. The van der Waals surface area contributed by atoms with E-state index in [4.69, 9.17) is 0 Å². The number of carboxylic acid groups (broad SMARTS) is 1. The quantitative estimate of drug-likeness (QED) is 0.830. The van der Waals surface area contributed by atoms with Crippen LogP contribution in [0.4, 0.5) is 0 Å². The van der Waals surface area contributed by atoms with Crippen molar-refractivity contribution in [2.24, 2.45) is 29.1 Å². The summed E-state index contributed by atoms with van der Waals surface area (Å²) < 4.78 is 0. The van der Waals surface area contributed by atoms with Gasteiger partial charge in [0.15, 0.2) is 0 Å². The maximum Gasteiger partial charge on any atom is 0.326 e. The van der Waals surface area contributed by atoms with Crippen molar-refractivity contribution in [1.82, 2.24) is 5.32 Å². The molecule has 4 bridgehead atoms. The molecule has 4 saturated carbocycles. The Kier molecular flexibility index (Phi) is 3.30. The molecule has 4 nitrogen and oxygen atoms in total. The van der Waals surface area contributed by atoms with Crippen LogP contribution in [-0.4, -0.2) is 23.0 Å². The molecule has 4 aliphatic rings. The highest BCUT2D eigenvalue weighted by atomic mass is 16.4. The highest BCUT2D eigenvalue weighted by molar-refractivity contribution is 5.88. The maximum absolute atomic E-state index is 12.7. The summed E-state index contributed by atoms with van der Waals surface area (Å²) in [6, 6.07) is -0.754. The Labute approximate surface area is 120 Å². The Morgan fingerprint density at radius 3 is 1.85 bits per heavy atom. The van der Waals surface area contributed by atoms with E-state index in [1.807, 2.05) is 13.8 Å². The van der Waals surface area contributed by atoms with Crippen molar-refractivity contribution >= 4 is 11.9 Å². The predicted molar refractivity (Wildman–Crippen MR) is 75.0 cm³/mol. The Balaban J connectivity index is 1.75. The van der Waals surface area contributed by atoms with Crippen LogP contribution in [0.3, 0.4) is 0 Å². The molecule has 0 aromatic carbocycles. The number of nitrogens with one attached hydrogen (secondary N) is 1. The molecule has 0 spiro atoms.